The largest absolute Gasteiger partial charge is 0.490 e. The SMILES string of the molecule is COC[C@H]1[C@@H](O)[C@H]([n+]2cn(C)c3c(=O)[nH]c(N)nc32)O[C@@H]1COP(=O)(O)OP(=O)(O)OP(=O)(O)OCC1O[C@@H](n2cnc3c(N)ncnc32)[C@H](OC)[C@@H]1SCOC[C@H]1O[C@@H](n2ccc(=O)[nH]c2=O)[C@H](O)[C@@H]1O. The number of fused-ring (bicyclic) bond motifs is 2. The van der Waals surface area contributed by atoms with Gasteiger partial charge in [0.1, 0.15) is 42.4 Å². The van der Waals surface area contributed by atoms with Gasteiger partial charge in [-0.2, -0.15) is 8.62 Å². The molecule has 12 N–H and O–H groups in total. The van der Waals surface area contributed by atoms with E-state index in [1.165, 1.54) is 54.0 Å². The Morgan fingerprint density at radius 1 is 0.833 bits per heavy atom. The summed E-state index contributed by atoms with van der Waals surface area (Å²) in [5.41, 5.74) is 9.97. The summed E-state index contributed by atoms with van der Waals surface area (Å²) in [4.78, 5) is 88.9. The summed E-state index contributed by atoms with van der Waals surface area (Å²) in [7, 11) is -13.4. The topological polar surface area (TPSA) is 470 Å². The number of aliphatic hydroxyl groups is 3. The first-order valence-corrected chi connectivity index (χ1v) is 26.5. The maximum Gasteiger partial charge on any atom is 0.490 e. The number of methoxy groups -OCH3 is 2. The predicted octanol–water partition coefficient (Wildman–Crippen LogP) is -3.40. The van der Waals surface area contributed by atoms with Crippen molar-refractivity contribution in [2.45, 2.75) is 66.7 Å². The van der Waals surface area contributed by atoms with E-state index >= 15 is 0 Å². The van der Waals surface area contributed by atoms with Crippen LogP contribution in [0.2, 0.25) is 0 Å². The molecule has 38 heteroatoms. The molecule has 3 fully saturated rings. The maximum absolute atomic E-state index is 13.2. The molecule has 15 atom stereocenters. The van der Waals surface area contributed by atoms with Gasteiger partial charge in [0.2, 0.25) is 11.7 Å². The van der Waals surface area contributed by atoms with Gasteiger partial charge in [0.05, 0.1) is 63.2 Å². The zero-order valence-corrected chi connectivity index (χ0v) is 41.0. The van der Waals surface area contributed by atoms with Crippen LogP contribution >= 0.6 is 35.2 Å². The van der Waals surface area contributed by atoms with Gasteiger partial charge in [-0.25, -0.2) is 38.0 Å². The van der Waals surface area contributed by atoms with Crippen LogP contribution in [0.3, 0.4) is 0 Å². The number of aliphatic hydroxyl groups excluding tert-OH is 3. The second-order valence-corrected chi connectivity index (χ2v) is 21.9. The lowest BCUT2D eigenvalue weighted by molar-refractivity contribution is -0.745. The monoisotopic (exact) mass is 1100 g/mol. The minimum absolute atomic E-state index is 0.00886. The number of anilines is 2. The molecule has 0 bridgehead atoms. The van der Waals surface area contributed by atoms with Crippen molar-refractivity contribution in [2.75, 3.05) is 58.1 Å². The van der Waals surface area contributed by atoms with Crippen LogP contribution in [0.1, 0.15) is 18.7 Å². The fourth-order valence-corrected chi connectivity index (χ4v) is 13.0. The van der Waals surface area contributed by atoms with Gasteiger partial charge < -0.3 is 69.9 Å². The van der Waals surface area contributed by atoms with E-state index in [4.69, 9.17) is 48.9 Å². The summed E-state index contributed by atoms with van der Waals surface area (Å²) in [6.45, 7) is -2.38. The molecule has 396 valence electrons. The summed E-state index contributed by atoms with van der Waals surface area (Å²) in [6.07, 6.45) is -8.17. The van der Waals surface area contributed by atoms with Gasteiger partial charge in [0, 0.05) is 32.4 Å². The minimum Gasteiger partial charge on any atom is -0.387 e. The number of H-pyrrole nitrogens is 2. The van der Waals surface area contributed by atoms with E-state index in [2.05, 4.69) is 33.5 Å². The Labute approximate surface area is 406 Å². The van der Waals surface area contributed by atoms with Crippen molar-refractivity contribution < 1.29 is 94.4 Å². The van der Waals surface area contributed by atoms with Crippen molar-refractivity contribution in [1.82, 2.24) is 43.6 Å². The Morgan fingerprint density at radius 2 is 1.53 bits per heavy atom. The number of nitrogen functional groups attached to an aromatic ring is 2. The predicted molar refractivity (Wildman–Crippen MR) is 239 cm³/mol. The molecule has 3 aliphatic heterocycles. The summed E-state index contributed by atoms with van der Waals surface area (Å²) >= 11 is 0.989. The summed E-state index contributed by atoms with van der Waals surface area (Å²) in [6, 6.07) is 1.02. The number of phosphoric ester groups is 2. The standard InChI is InChI=1S/C34H47N12O22P3S/c1-43-12-46(28-20(43)29(51)42-33(36)41-28)30-21(48)14(6-59-2)15(64-30)8-62-69(53,54)67-71(57,58)68-70(55,56)63-9-17-25(24(60-3)32(66-17)45-11-39-19-26(35)37-10-38-27(19)45)72-13-61-7-16-22(49)23(50)31(65-16)44-5-4-18(47)40-34(44)52/h4-5,10-12,14-17,21-25,30-32,48-50H,6-9,13H2,1-3H3,(H8-,35,36,37,38,40,41,42,47,51,52,53,54,55,56,57,58)/p+1/t14-,15-,16-,17?,21-,22-,23-,24-,25-,30-,31-,32-/m1/s1. The molecule has 8 rings (SSSR count). The second-order valence-electron chi connectivity index (χ2n) is 16.1. The molecule has 34 nitrogen and oxygen atoms in total. The lowest BCUT2D eigenvalue weighted by Gasteiger charge is -2.24. The number of hydrogen-bond acceptors (Lipinski definition) is 26. The van der Waals surface area contributed by atoms with Gasteiger partial charge in [0.25, 0.3) is 17.1 Å². The zero-order chi connectivity index (χ0) is 52.0. The van der Waals surface area contributed by atoms with Gasteiger partial charge in [-0.15, -0.1) is 11.8 Å². The van der Waals surface area contributed by atoms with Gasteiger partial charge in [-0.3, -0.25) is 42.3 Å². The number of nitrogens with two attached hydrogens (primary N) is 2. The number of phosphoric acid groups is 3. The molecule has 0 saturated carbocycles. The first-order chi connectivity index (χ1) is 34.0. The number of hydrogen-bond donors (Lipinski definition) is 10. The molecule has 3 aliphatic rings. The van der Waals surface area contributed by atoms with E-state index in [1.54, 1.807) is 0 Å². The number of nitrogens with zero attached hydrogens (tertiary/aromatic N) is 8. The highest BCUT2D eigenvalue weighted by atomic mass is 32.2. The molecule has 0 aliphatic carbocycles. The third kappa shape index (κ3) is 11.3. The minimum atomic E-state index is -6.04. The number of ether oxygens (including phenoxy) is 6. The molecule has 5 aromatic heterocycles. The van der Waals surface area contributed by atoms with Crippen LogP contribution in [0.25, 0.3) is 22.3 Å². The summed E-state index contributed by atoms with van der Waals surface area (Å²) < 4.78 is 97.5. The lowest BCUT2D eigenvalue weighted by Crippen LogP contribution is -2.45. The van der Waals surface area contributed by atoms with Crippen LogP contribution in [0.4, 0.5) is 11.8 Å². The van der Waals surface area contributed by atoms with Gasteiger partial charge in [-0.1, -0.05) is 4.98 Å². The highest BCUT2D eigenvalue weighted by molar-refractivity contribution is 7.99. The molecular formula is C34H48N12O22P3S+. The molecule has 3 saturated heterocycles. The van der Waals surface area contributed by atoms with Crippen molar-refractivity contribution in [1.29, 1.82) is 0 Å². The number of rotatable bonds is 21. The van der Waals surface area contributed by atoms with Crippen molar-refractivity contribution in [2.24, 2.45) is 13.0 Å². The van der Waals surface area contributed by atoms with E-state index in [0.29, 0.717) is 0 Å². The second kappa shape index (κ2) is 21.4. The number of imidazole rings is 2. The fourth-order valence-electron chi connectivity index (χ4n) is 8.29. The van der Waals surface area contributed by atoms with Crippen molar-refractivity contribution >= 4 is 69.3 Å². The molecule has 0 radical (unpaired) electrons. The Balaban J connectivity index is 0.911. The molecule has 8 heterocycles. The Hall–Kier alpha value is -4.42. The first kappa shape index (κ1) is 53.9. The van der Waals surface area contributed by atoms with Crippen molar-refractivity contribution in [3.8, 4) is 0 Å². The highest BCUT2D eigenvalue weighted by Gasteiger charge is 2.52. The van der Waals surface area contributed by atoms with Gasteiger partial charge in [0.15, 0.2) is 30.2 Å². The van der Waals surface area contributed by atoms with Crippen molar-refractivity contribution in [3.63, 3.8) is 0 Å². The Morgan fingerprint density at radius 3 is 2.21 bits per heavy atom. The molecule has 4 unspecified atom stereocenters. The van der Waals surface area contributed by atoms with Gasteiger partial charge in [-0.05, 0) is 0 Å². The summed E-state index contributed by atoms with van der Waals surface area (Å²) in [5.74, 6) is -1.45. The Bertz CT molecular complexity index is 3110. The van der Waals surface area contributed by atoms with E-state index in [1.807, 2.05) is 4.98 Å². The molecule has 5 aromatic rings. The third-order valence-corrected chi connectivity index (χ3v) is 17.0. The van der Waals surface area contributed by atoms with E-state index < -0.39 is 126 Å². The number of thioether (sulfide) groups is 1. The molecular weight excluding hydrogens is 1050 g/mol. The normalized spacial score (nSPS) is 30.2. The maximum atomic E-state index is 13.2. The fraction of sp³-hybridized carbons (Fsp3) is 0.588. The molecule has 72 heavy (non-hydrogen) atoms. The van der Waals surface area contributed by atoms with Crippen LogP contribution in [-0.2, 0) is 66.8 Å². The smallest absolute Gasteiger partial charge is 0.387 e. The highest BCUT2D eigenvalue weighted by Crippen LogP contribution is 2.68. The quantitative estimate of drug-likeness (QED) is 0.0148. The average Bonchev–Trinajstić information content (AvgIpc) is 4.10. The Kier molecular flexibility index (Phi) is 16.0. The van der Waals surface area contributed by atoms with E-state index in [-0.39, 0.29) is 53.2 Å². The third-order valence-electron chi connectivity index (χ3n) is 11.5. The number of aromatic nitrogens is 10. The van der Waals surface area contributed by atoms with Gasteiger partial charge >= 0.3 is 34.8 Å². The molecule has 0 aromatic carbocycles. The number of aromatic amines is 2. The van der Waals surface area contributed by atoms with E-state index in [9.17, 15) is 58.1 Å². The van der Waals surface area contributed by atoms with E-state index in [0.717, 1.165) is 28.6 Å². The van der Waals surface area contributed by atoms with Crippen LogP contribution in [-0.4, -0.2) is 168 Å². The molecule has 0 amide bonds. The average molecular weight is 1100 g/mol. The lowest BCUT2D eigenvalue weighted by atomic mass is 9.99. The number of nitrogens with one attached hydrogen (secondary N) is 2. The van der Waals surface area contributed by atoms with Crippen LogP contribution in [0.5, 0.6) is 0 Å². The zero-order valence-electron chi connectivity index (χ0n) is 37.5. The number of aryl methyl sites for hydroxylation is 1. The van der Waals surface area contributed by atoms with Crippen LogP contribution in [0.15, 0.2) is 45.6 Å². The van der Waals surface area contributed by atoms with Crippen molar-refractivity contribution in [3.05, 3.63) is 62.4 Å². The summed E-state index contributed by atoms with van der Waals surface area (Å²) in [5, 5.41) is 31.7. The molecule has 0 spiro atoms. The first-order valence-electron chi connectivity index (χ1n) is 20.9. The van der Waals surface area contributed by atoms with Crippen LogP contribution < -0.4 is 32.8 Å². The van der Waals surface area contributed by atoms with Crippen LogP contribution in [0, 0.1) is 5.92 Å².